The first-order valence-corrected chi connectivity index (χ1v) is 6.63. The molecule has 1 aliphatic heterocycles. The Morgan fingerprint density at radius 3 is 1.83 bits per heavy atom. The van der Waals surface area contributed by atoms with Gasteiger partial charge in [0.2, 0.25) is 5.90 Å². The summed E-state index contributed by atoms with van der Waals surface area (Å²) in [4.78, 5) is 6.46. The number of nitrogens with zero attached hydrogens (tertiary/aromatic N) is 3. The molecule has 0 aromatic heterocycles. The van der Waals surface area contributed by atoms with Crippen LogP contribution in [-0.4, -0.2) is 48.9 Å². The summed E-state index contributed by atoms with van der Waals surface area (Å²) >= 11 is 0. The van der Waals surface area contributed by atoms with E-state index < -0.39 is 29.9 Å². The first-order valence-electron chi connectivity index (χ1n) is 6.63. The normalized spacial score (nSPS) is 17.7. The minimum absolute atomic E-state index is 0.0206. The second-order valence-electron chi connectivity index (χ2n) is 5.34. The summed E-state index contributed by atoms with van der Waals surface area (Å²) in [5.41, 5.74) is -3.86. The van der Waals surface area contributed by atoms with Crippen LogP contribution in [0.2, 0.25) is 0 Å². The smallest absolute Gasteiger partial charge is 0.406 e. The van der Waals surface area contributed by atoms with Gasteiger partial charge in [0.25, 0.3) is 6.02 Å². The molecule has 0 fully saturated rings. The van der Waals surface area contributed by atoms with Gasteiger partial charge < -0.3 is 9.64 Å². The van der Waals surface area contributed by atoms with Crippen LogP contribution in [0.4, 0.5) is 26.3 Å². The van der Waals surface area contributed by atoms with Crippen LogP contribution < -0.4 is 0 Å². The Bertz CT molecular complexity index is 659. The van der Waals surface area contributed by atoms with E-state index in [2.05, 4.69) is 9.98 Å². The topological polar surface area (TPSA) is 37.2 Å². The van der Waals surface area contributed by atoms with Gasteiger partial charge in [0, 0.05) is 19.7 Å². The van der Waals surface area contributed by atoms with Crippen molar-refractivity contribution in [2.75, 3.05) is 14.1 Å². The Labute approximate surface area is 133 Å². The van der Waals surface area contributed by atoms with Gasteiger partial charge in [-0.2, -0.15) is 31.3 Å². The lowest BCUT2D eigenvalue weighted by atomic mass is 10.1. The third-order valence-electron chi connectivity index (χ3n) is 3.18. The number of benzene rings is 1. The van der Waals surface area contributed by atoms with Crippen LogP contribution in [0.15, 0.2) is 34.3 Å². The van der Waals surface area contributed by atoms with Crippen molar-refractivity contribution >= 4 is 11.9 Å². The van der Waals surface area contributed by atoms with Gasteiger partial charge in [-0.05, 0) is 19.1 Å². The molecule has 1 aliphatic rings. The molecule has 0 amide bonds. The first kappa shape index (κ1) is 18.1. The van der Waals surface area contributed by atoms with E-state index in [1.807, 2.05) is 0 Å². The average Bonchev–Trinajstić information content (AvgIpc) is 2.45. The maximum Gasteiger partial charge on any atom is 0.443 e. The van der Waals surface area contributed by atoms with Crippen LogP contribution in [0, 0.1) is 6.92 Å². The van der Waals surface area contributed by atoms with Crippen molar-refractivity contribution in [3.8, 4) is 0 Å². The van der Waals surface area contributed by atoms with E-state index in [1.165, 1.54) is 38.4 Å². The van der Waals surface area contributed by atoms with Crippen molar-refractivity contribution in [3.05, 3.63) is 35.4 Å². The molecule has 0 saturated heterocycles. The van der Waals surface area contributed by atoms with E-state index in [1.54, 1.807) is 6.92 Å². The second kappa shape index (κ2) is 5.67. The van der Waals surface area contributed by atoms with Crippen molar-refractivity contribution < 1.29 is 31.1 Å². The third-order valence-corrected chi connectivity index (χ3v) is 3.18. The van der Waals surface area contributed by atoms with E-state index in [-0.39, 0.29) is 5.56 Å². The number of ether oxygens (including phenoxy) is 1. The molecule has 1 aromatic carbocycles. The molecule has 1 heterocycles. The van der Waals surface area contributed by atoms with E-state index >= 15 is 0 Å². The predicted octanol–water partition coefficient (Wildman–Crippen LogP) is 3.51. The van der Waals surface area contributed by atoms with Crippen molar-refractivity contribution in [1.82, 2.24) is 4.90 Å². The molecule has 2 rings (SSSR count). The van der Waals surface area contributed by atoms with Gasteiger partial charge >= 0.3 is 18.0 Å². The lowest BCUT2D eigenvalue weighted by Crippen LogP contribution is -2.57. The fourth-order valence-corrected chi connectivity index (χ4v) is 1.87. The monoisotopic (exact) mass is 353 g/mol. The molecule has 0 unspecified atom stereocenters. The summed E-state index contributed by atoms with van der Waals surface area (Å²) in [6.07, 6.45) is -11.6. The van der Waals surface area contributed by atoms with Crippen molar-refractivity contribution in [2.24, 2.45) is 9.98 Å². The van der Waals surface area contributed by atoms with Crippen LogP contribution in [0.1, 0.15) is 11.1 Å². The number of amidine groups is 1. The van der Waals surface area contributed by atoms with Crippen molar-refractivity contribution in [2.45, 2.75) is 24.9 Å². The largest absolute Gasteiger partial charge is 0.443 e. The maximum absolute atomic E-state index is 13.3. The summed E-state index contributed by atoms with van der Waals surface area (Å²) in [5, 5.41) is 0. The predicted molar refractivity (Wildman–Crippen MR) is 74.8 cm³/mol. The van der Waals surface area contributed by atoms with Gasteiger partial charge in [0.15, 0.2) is 0 Å². The molecule has 0 N–H and O–H groups in total. The molecule has 1 aromatic rings. The molecule has 10 heteroatoms. The van der Waals surface area contributed by atoms with Gasteiger partial charge in [0.05, 0.1) is 0 Å². The van der Waals surface area contributed by atoms with Crippen molar-refractivity contribution in [3.63, 3.8) is 0 Å². The molecule has 0 atom stereocenters. The van der Waals surface area contributed by atoms with Gasteiger partial charge in [-0.1, -0.05) is 17.7 Å². The molecule has 132 valence electrons. The standard InChI is InChI=1S/C14H13F6N3O/c1-8-4-6-9(7-5-8)10-21-12(13(15,16)17,14(18,19)20)22-11(24-10)23(2)3/h4-7H,1-3H3. The highest BCUT2D eigenvalue weighted by molar-refractivity contribution is 6.02. The molecule has 0 bridgehead atoms. The number of hydrogen-bond donors (Lipinski definition) is 0. The number of hydrogen-bond acceptors (Lipinski definition) is 4. The fraction of sp³-hybridized carbons (Fsp3) is 0.429. The van der Waals surface area contributed by atoms with Gasteiger partial charge in [0.1, 0.15) is 0 Å². The van der Waals surface area contributed by atoms with E-state index in [9.17, 15) is 26.3 Å². The second-order valence-corrected chi connectivity index (χ2v) is 5.34. The van der Waals surface area contributed by atoms with Crippen LogP contribution in [-0.2, 0) is 4.74 Å². The molecule has 4 nitrogen and oxygen atoms in total. The van der Waals surface area contributed by atoms with Gasteiger partial charge in [-0.15, -0.1) is 0 Å². The quantitative estimate of drug-likeness (QED) is 0.725. The Balaban J connectivity index is 2.69. The number of halogens is 6. The van der Waals surface area contributed by atoms with E-state index in [4.69, 9.17) is 4.74 Å². The van der Waals surface area contributed by atoms with Gasteiger partial charge in [-0.3, -0.25) is 0 Å². The molecule has 24 heavy (non-hydrogen) atoms. The molecule has 0 saturated carbocycles. The molecular weight excluding hydrogens is 340 g/mol. The summed E-state index contributed by atoms with van der Waals surface area (Å²) in [6, 6.07) is 4.85. The highest BCUT2D eigenvalue weighted by Crippen LogP contribution is 2.48. The minimum atomic E-state index is -5.79. The van der Waals surface area contributed by atoms with Crippen LogP contribution in [0.5, 0.6) is 0 Å². The zero-order chi connectivity index (χ0) is 18.3. The van der Waals surface area contributed by atoms with Gasteiger partial charge in [-0.25, -0.2) is 4.99 Å². The van der Waals surface area contributed by atoms with Crippen LogP contribution in [0.3, 0.4) is 0 Å². The molecule has 0 aliphatic carbocycles. The first-order chi connectivity index (χ1) is 10.9. The van der Waals surface area contributed by atoms with Crippen molar-refractivity contribution in [1.29, 1.82) is 0 Å². The number of alkyl halides is 6. The summed E-state index contributed by atoms with van der Waals surface area (Å²) in [5.74, 6) is -0.802. The van der Waals surface area contributed by atoms with E-state index in [0.29, 0.717) is 0 Å². The minimum Gasteiger partial charge on any atom is -0.406 e. The Hall–Kier alpha value is -2.26. The Kier molecular flexibility index (Phi) is 4.28. The maximum atomic E-state index is 13.3. The highest BCUT2D eigenvalue weighted by Gasteiger charge is 2.74. The average molecular weight is 353 g/mol. The summed E-state index contributed by atoms with van der Waals surface area (Å²) in [7, 11) is 2.43. The number of aryl methyl sites for hydroxylation is 1. The number of rotatable bonds is 1. The summed E-state index contributed by atoms with van der Waals surface area (Å²) < 4.78 is 84.7. The lowest BCUT2D eigenvalue weighted by molar-refractivity contribution is -0.293. The zero-order valence-corrected chi connectivity index (χ0v) is 12.8. The van der Waals surface area contributed by atoms with Crippen LogP contribution >= 0.6 is 0 Å². The molecule has 0 radical (unpaired) electrons. The third kappa shape index (κ3) is 3.04. The lowest BCUT2D eigenvalue weighted by Gasteiger charge is -2.34. The molecular formula is C14H13F6N3O. The SMILES string of the molecule is Cc1ccc(C2=NC(C(F)(F)F)(C(F)(F)F)N=C(N(C)C)O2)cc1. The highest BCUT2D eigenvalue weighted by atomic mass is 19.4. The van der Waals surface area contributed by atoms with E-state index in [0.717, 1.165) is 10.5 Å². The number of aliphatic imine (C=N–C) groups is 2. The Morgan fingerprint density at radius 1 is 0.917 bits per heavy atom. The Morgan fingerprint density at radius 2 is 1.42 bits per heavy atom. The zero-order valence-electron chi connectivity index (χ0n) is 12.8. The summed E-state index contributed by atoms with van der Waals surface area (Å²) in [6.45, 7) is 1.72. The molecule has 0 spiro atoms. The fourth-order valence-electron chi connectivity index (χ4n) is 1.87. The van der Waals surface area contributed by atoms with Crippen LogP contribution in [0.25, 0.3) is 0 Å².